The molecule has 0 saturated carbocycles. The minimum Gasteiger partial charge on any atom is -0.507 e. The quantitative estimate of drug-likeness (QED) is 0.476. The van der Waals surface area contributed by atoms with Gasteiger partial charge >= 0.3 is 0 Å². The zero-order valence-corrected chi connectivity index (χ0v) is 19.0. The Morgan fingerprint density at radius 3 is 2.41 bits per heavy atom. The van der Waals surface area contributed by atoms with Crippen molar-refractivity contribution in [3.63, 3.8) is 0 Å². The van der Waals surface area contributed by atoms with Crippen LogP contribution in [-0.4, -0.2) is 28.9 Å². The molecule has 0 bridgehead atoms. The second-order valence-electron chi connectivity index (χ2n) is 7.33. The van der Waals surface area contributed by atoms with Gasteiger partial charge in [0.2, 0.25) is 5.78 Å². The van der Waals surface area contributed by atoms with Gasteiger partial charge in [0.1, 0.15) is 11.5 Å². The number of Topliss-reactive ketones (excluding diaryl/α,β-unsaturated/α-hetero) is 1. The van der Waals surface area contributed by atoms with Crippen molar-refractivity contribution < 1.29 is 14.6 Å². The molecule has 0 atom stereocenters. The summed E-state index contributed by atoms with van der Waals surface area (Å²) in [7, 11) is 0. The average Bonchev–Trinajstić information content (AvgIpc) is 3.23. The third kappa shape index (κ3) is 5.41. The van der Waals surface area contributed by atoms with Crippen molar-refractivity contribution in [1.82, 2.24) is 4.90 Å². The molecule has 3 rings (SSSR count). The molecule has 29 heavy (non-hydrogen) atoms. The lowest BCUT2D eigenvalue weighted by Crippen LogP contribution is -2.25. The van der Waals surface area contributed by atoms with Crippen LogP contribution in [0.5, 0.6) is 11.5 Å². The van der Waals surface area contributed by atoms with Crippen LogP contribution in [0, 0.1) is 6.92 Å². The van der Waals surface area contributed by atoms with Gasteiger partial charge in [-0.2, -0.15) is 0 Å². The predicted octanol–water partition coefficient (Wildman–Crippen LogP) is 6.20. The molecule has 0 saturated heterocycles. The van der Waals surface area contributed by atoms with Crippen LogP contribution in [0.3, 0.4) is 0 Å². The van der Waals surface area contributed by atoms with Crippen molar-refractivity contribution in [3.8, 4) is 11.5 Å². The van der Waals surface area contributed by atoms with Gasteiger partial charge in [-0.05, 0) is 62.0 Å². The van der Waals surface area contributed by atoms with E-state index >= 15 is 0 Å². The van der Waals surface area contributed by atoms with E-state index in [2.05, 4.69) is 18.7 Å². The number of thiophene rings is 1. The van der Waals surface area contributed by atoms with Crippen molar-refractivity contribution in [2.24, 2.45) is 0 Å². The molecule has 0 spiro atoms. The predicted molar refractivity (Wildman–Crippen MR) is 122 cm³/mol. The summed E-state index contributed by atoms with van der Waals surface area (Å²) in [6.45, 7) is 8.93. The van der Waals surface area contributed by atoms with Crippen LogP contribution in [-0.2, 0) is 6.54 Å². The van der Waals surface area contributed by atoms with Gasteiger partial charge in [-0.25, -0.2) is 0 Å². The van der Waals surface area contributed by atoms with E-state index in [0.717, 1.165) is 49.2 Å². The molecule has 6 heteroatoms. The number of phenols is 1. The Labute approximate surface area is 183 Å². The molecule has 1 aromatic heterocycles. The molecular formula is C23H30ClNO3S. The van der Waals surface area contributed by atoms with Gasteiger partial charge in [-0.1, -0.05) is 26.7 Å². The number of unbranched alkanes of at least 4 members (excludes halogenated alkanes) is 2. The number of ether oxygens (including phenoxy) is 1. The highest BCUT2D eigenvalue weighted by molar-refractivity contribution is 7.11. The molecule has 0 aliphatic carbocycles. The summed E-state index contributed by atoms with van der Waals surface area (Å²) < 4.78 is 6.00. The number of ketones is 1. The van der Waals surface area contributed by atoms with E-state index in [4.69, 9.17) is 4.74 Å². The van der Waals surface area contributed by atoms with Gasteiger partial charge in [0, 0.05) is 17.5 Å². The Kier molecular flexibility index (Phi) is 8.75. The average molecular weight is 436 g/mol. The molecule has 1 aliphatic heterocycles. The third-order valence-electron chi connectivity index (χ3n) is 5.12. The molecule has 2 aromatic rings. The number of hydrogen-bond donors (Lipinski definition) is 1. The summed E-state index contributed by atoms with van der Waals surface area (Å²) >= 11 is 1.59. The number of halogens is 1. The molecule has 0 amide bonds. The highest BCUT2D eigenvalue weighted by Crippen LogP contribution is 2.40. The summed E-state index contributed by atoms with van der Waals surface area (Å²) in [6.07, 6.45) is 6.30. The van der Waals surface area contributed by atoms with E-state index in [1.54, 1.807) is 23.5 Å². The topological polar surface area (TPSA) is 49.8 Å². The molecule has 1 N–H and O–H groups in total. The second kappa shape index (κ2) is 10.8. The van der Waals surface area contributed by atoms with E-state index in [1.807, 2.05) is 24.4 Å². The Bertz CT molecular complexity index is 867. The number of allylic oxidation sites excluding steroid dienone is 1. The summed E-state index contributed by atoms with van der Waals surface area (Å²) in [6, 6.07) is 5.31. The van der Waals surface area contributed by atoms with Crippen molar-refractivity contribution in [2.45, 2.75) is 53.0 Å². The van der Waals surface area contributed by atoms with E-state index in [-0.39, 0.29) is 23.9 Å². The number of carbonyl (C=O) groups excluding carboxylic acids is 1. The first-order valence-corrected chi connectivity index (χ1v) is 11.0. The van der Waals surface area contributed by atoms with Gasteiger partial charge in [-0.3, -0.25) is 9.69 Å². The van der Waals surface area contributed by atoms with E-state index in [9.17, 15) is 9.90 Å². The van der Waals surface area contributed by atoms with Gasteiger partial charge in [-0.15, -0.1) is 23.7 Å². The maximum Gasteiger partial charge on any atom is 0.232 e. The number of phenolic OH excluding ortho intramolecular Hbond substituents is 1. The van der Waals surface area contributed by atoms with Gasteiger partial charge in [0.15, 0.2) is 5.76 Å². The largest absolute Gasteiger partial charge is 0.507 e. The molecule has 4 nitrogen and oxygen atoms in total. The number of aryl methyl sites for hydroxylation is 1. The second-order valence-corrected chi connectivity index (χ2v) is 8.28. The van der Waals surface area contributed by atoms with Crippen LogP contribution in [0.4, 0.5) is 0 Å². The Balaban J connectivity index is 0.00000300. The number of aromatic hydroxyl groups is 1. The zero-order valence-electron chi connectivity index (χ0n) is 17.4. The monoisotopic (exact) mass is 435 g/mol. The van der Waals surface area contributed by atoms with E-state index in [1.165, 1.54) is 0 Å². The van der Waals surface area contributed by atoms with Crippen LogP contribution in [0.1, 0.15) is 65.9 Å². The zero-order chi connectivity index (χ0) is 20.1. The molecule has 0 fully saturated rings. The minimum atomic E-state index is -0.113. The summed E-state index contributed by atoms with van der Waals surface area (Å²) in [4.78, 5) is 16.2. The smallest absolute Gasteiger partial charge is 0.232 e. The molecule has 1 aromatic carbocycles. The van der Waals surface area contributed by atoms with Gasteiger partial charge in [0.05, 0.1) is 11.1 Å². The highest BCUT2D eigenvalue weighted by atomic mass is 35.5. The van der Waals surface area contributed by atoms with Crippen LogP contribution >= 0.6 is 23.7 Å². The van der Waals surface area contributed by atoms with Crippen molar-refractivity contribution in [3.05, 3.63) is 50.9 Å². The third-order valence-corrected chi connectivity index (χ3v) is 6.08. The summed E-state index contributed by atoms with van der Waals surface area (Å²) in [5.41, 5.74) is 2.38. The lowest BCUT2D eigenvalue weighted by atomic mass is 10.0. The van der Waals surface area contributed by atoms with Crippen LogP contribution in [0.2, 0.25) is 0 Å². The Morgan fingerprint density at radius 1 is 1.14 bits per heavy atom. The first kappa shape index (κ1) is 23.5. The first-order chi connectivity index (χ1) is 13.5. The van der Waals surface area contributed by atoms with Crippen LogP contribution in [0.25, 0.3) is 6.08 Å². The fourth-order valence-electron chi connectivity index (χ4n) is 3.36. The van der Waals surface area contributed by atoms with Crippen molar-refractivity contribution in [2.75, 3.05) is 13.1 Å². The van der Waals surface area contributed by atoms with Crippen LogP contribution < -0.4 is 4.74 Å². The normalized spacial score (nSPS) is 14.2. The Hall–Kier alpha value is -1.82. The molecule has 0 unspecified atom stereocenters. The minimum absolute atomic E-state index is 0. The SMILES string of the molecule is CCCCN(CCCC)Cc1c(O)ccc2c1OC(=Cc1sccc1C)C2=O.Cl. The van der Waals surface area contributed by atoms with E-state index in [0.29, 0.717) is 29.2 Å². The van der Waals surface area contributed by atoms with Crippen LogP contribution in [0.15, 0.2) is 29.3 Å². The van der Waals surface area contributed by atoms with Crippen molar-refractivity contribution >= 4 is 35.6 Å². The van der Waals surface area contributed by atoms with Crippen molar-refractivity contribution in [1.29, 1.82) is 0 Å². The maximum atomic E-state index is 12.8. The maximum absolute atomic E-state index is 12.8. The van der Waals surface area contributed by atoms with Gasteiger partial charge < -0.3 is 9.84 Å². The molecular weight excluding hydrogens is 406 g/mol. The number of benzene rings is 1. The number of carbonyl (C=O) groups is 1. The van der Waals surface area contributed by atoms with E-state index < -0.39 is 0 Å². The number of rotatable bonds is 9. The molecule has 0 radical (unpaired) electrons. The fourth-order valence-corrected chi connectivity index (χ4v) is 4.21. The number of nitrogens with zero attached hydrogens (tertiary/aromatic N) is 1. The Morgan fingerprint density at radius 2 is 1.83 bits per heavy atom. The summed E-state index contributed by atoms with van der Waals surface area (Å²) in [5.74, 6) is 0.931. The highest BCUT2D eigenvalue weighted by Gasteiger charge is 2.31. The number of hydrogen-bond acceptors (Lipinski definition) is 5. The van der Waals surface area contributed by atoms with Gasteiger partial charge in [0.25, 0.3) is 0 Å². The first-order valence-electron chi connectivity index (χ1n) is 10.1. The lowest BCUT2D eigenvalue weighted by molar-refractivity contribution is 0.101. The molecule has 1 aliphatic rings. The summed E-state index contributed by atoms with van der Waals surface area (Å²) in [5, 5.41) is 12.5. The standard InChI is InChI=1S/C23H29NO3S.ClH/c1-4-6-11-24(12-7-5-2)15-18-19(25)9-8-17-22(26)20(27-23(17)18)14-21-16(3)10-13-28-21;/h8-10,13-14,25H,4-7,11-12,15H2,1-3H3;1H. The lowest BCUT2D eigenvalue weighted by Gasteiger charge is -2.23. The molecule has 2 heterocycles. The number of fused-ring (bicyclic) bond motifs is 1. The fraction of sp³-hybridized carbons (Fsp3) is 0.435. The molecule has 158 valence electrons.